The molecule has 0 radical (unpaired) electrons. The number of hydrogen-bond acceptors (Lipinski definition) is 4. The summed E-state index contributed by atoms with van der Waals surface area (Å²) in [6.45, 7) is 1.01. The first-order valence-electron chi connectivity index (χ1n) is 5.76. The van der Waals surface area contributed by atoms with Gasteiger partial charge in [-0.15, -0.1) is 0 Å². The number of methoxy groups -OCH3 is 2. The van der Waals surface area contributed by atoms with E-state index >= 15 is 0 Å². The van der Waals surface area contributed by atoms with E-state index in [2.05, 4.69) is 5.32 Å². The van der Waals surface area contributed by atoms with E-state index in [1.54, 1.807) is 13.2 Å². The van der Waals surface area contributed by atoms with Crippen LogP contribution in [0.4, 0.5) is 0 Å². The molecule has 0 spiro atoms. The quantitative estimate of drug-likeness (QED) is 0.813. The van der Waals surface area contributed by atoms with Crippen LogP contribution in [0.2, 0.25) is 0 Å². The van der Waals surface area contributed by atoms with Crippen LogP contribution in [0.5, 0.6) is 5.75 Å². The molecule has 4 nitrogen and oxygen atoms in total. The molecule has 1 atom stereocenters. The van der Waals surface area contributed by atoms with E-state index < -0.39 is 0 Å². The second-order valence-electron chi connectivity index (χ2n) is 4.10. The molecule has 92 valence electrons. The van der Waals surface area contributed by atoms with Crippen molar-refractivity contribution in [2.75, 3.05) is 20.8 Å². The lowest BCUT2D eigenvalue weighted by Crippen LogP contribution is -2.15. The first-order valence-corrected chi connectivity index (χ1v) is 5.76. The van der Waals surface area contributed by atoms with Crippen molar-refractivity contribution in [2.24, 2.45) is 0 Å². The second kappa shape index (κ2) is 5.19. The summed E-state index contributed by atoms with van der Waals surface area (Å²) in [6, 6.07) is 5.67. The summed E-state index contributed by atoms with van der Waals surface area (Å²) < 4.78 is 10.1. The highest BCUT2D eigenvalue weighted by molar-refractivity contribution is 5.89. The normalized spacial score (nSPS) is 19.1. The highest BCUT2D eigenvalue weighted by atomic mass is 16.5. The summed E-state index contributed by atoms with van der Waals surface area (Å²) in [4.78, 5) is 11.5. The van der Waals surface area contributed by atoms with Crippen molar-refractivity contribution in [3.63, 3.8) is 0 Å². The molecular formula is C13H17NO3. The first-order chi connectivity index (χ1) is 8.26. The molecule has 1 aliphatic heterocycles. The Kier molecular flexibility index (Phi) is 3.64. The predicted molar refractivity (Wildman–Crippen MR) is 64.3 cm³/mol. The Balaban J connectivity index is 2.35. The number of hydrogen-bond donors (Lipinski definition) is 1. The Morgan fingerprint density at radius 3 is 2.82 bits per heavy atom. The topological polar surface area (TPSA) is 47.6 Å². The lowest BCUT2D eigenvalue weighted by atomic mass is 10.0. The summed E-state index contributed by atoms with van der Waals surface area (Å²) in [6.07, 6.45) is 2.22. The minimum Gasteiger partial charge on any atom is -0.496 e. The van der Waals surface area contributed by atoms with Crippen molar-refractivity contribution in [2.45, 2.75) is 18.9 Å². The highest BCUT2D eigenvalue weighted by Gasteiger charge is 2.21. The molecule has 1 saturated heterocycles. The molecule has 2 rings (SSSR count). The molecule has 1 aromatic carbocycles. The van der Waals surface area contributed by atoms with Gasteiger partial charge < -0.3 is 14.8 Å². The van der Waals surface area contributed by atoms with E-state index in [1.807, 2.05) is 12.1 Å². The van der Waals surface area contributed by atoms with Gasteiger partial charge in [-0.3, -0.25) is 0 Å². The Hall–Kier alpha value is -1.55. The molecule has 0 aromatic heterocycles. The second-order valence-corrected chi connectivity index (χ2v) is 4.10. The number of carbonyl (C=O) groups is 1. The lowest BCUT2D eigenvalue weighted by molar-refractivity contribution is 0.0600. The fourth-order valence-electron chi connectivity index (χ4n) is 2.20. The van der Waals surface area contributed by atoms with Crippen LogP contribution in [-0.4, -0.2) is 26.7 Å². The number of esters is 1. The standard InChI is InChI=1S/C13H17NO3/c1-16-12-6-5-9(13(15)17-2)8-10(12)11-4-3-7-14-11/h5-6,8,11,14H,3-4,7H2,1-2H3/t11-/m0/s1. The maximum Gasteiger partial charge on any atom is 0.337 e. The molecule has 0 aliphatic carbocycles. The molecule has 1 aromatic rings. The molecule has 17 heavy (non-hydrogen) atoms. The van der Waals surface area contributed by atoms with Gasteiger partial charge in [0.15, 0.2) is 0 Å². The van der Waals surface area contributed by atoms with E-state index in [9.17, 15) is 4.79 Å². The van der Waals surface area contributed by atoms with Crippen LogP contribution in [0.15, 0.2) is 18.2 Å². The Morgan fingerprint density at radius 2 is 2.24 bits per heavy atom. The molecule has 0 unspecified atom stereocenters. The predicted octanol–water partition coefficient (Wildman–Crippen LogP) is 1.91. The van der Waals surface area contributed by atoms with Gasteiger partial charge in [-0.2, -0.15) is 0 Å². The zero-order chi connectivity index (χ0) is 12.3. The number of ether oxygens (including phenoxy) is 2. The maximum atomic E-state index is 11.5. The van der Waals surface area contributed by atoms with Crippen molar-refractivity contribution in [1.29, 1.82) is 0 Å². The third-order valence-electron chi connectivity index (χ3n) is 3.09. The van der Waals surface area contributed by atoms with Gasteiger partial charge in [0.1, 0.15) is 5.75 Å². The van der Waals surface area contributed by atoms with Crippen LogP contribution >= 0.6 is 0 Å². The van der Waals surface area contributed by atoms with Gasteiger partial charge in [-0.05, 0) is 37.6 Å². The largest absolute Gasteiger partial charge is 0.496 e. The first kappa shape index (κ1) is 11.9. The van der Waals surface area contributed by atoms with Gasteiger partial charge in [-0.1, -0.05) is 0 Å². The molecule has 0 amide bonds. The van der Waals surface area contributed by atoms with Crippen LogP contribution in [-0.2, 0) is 4.74 Å². The molecular weight excluding hydrogens is 218 g/mol. The van der Waals surface area contributed by atoms with E-state index in [0.717, 1.165) is 30.7 Å². The zero-order valence-electron chi connectivity index (χ0n) is 10.2. The third-order valence-corrected chi connectivity index (χ3v) is 3.09. The molecule has 0 saturated carbocycles. The monoisotopic (exact) mass is 235 g/mol. The van der Waals surface area contributed by atoms with Gasteiger partial charge in [0.2, 0.25) is 0 Å². The summed E-state index contributed by atoms with van der Waals surface area (Å²) in [7, 11) is 3.03. The van der Waals surface area contributed by atoms with E-state index in [-0.39, 0.29) is 12.0 Å². The van der Waals surface area contributed by atoms with Crippen molar-refractivity contribution >= 4 is 5.97 Å². The Labute approximate surface area is 101 Å². The molecule has 4 heteroatoms. The summed E-state index contributed by atoms with van der Waals surface area (Å²) in [5.41, 5.74) is 1.60. The van der Waals surface area contributed by atoms with E-state index in [1.165, 1.54) is 7.11 Å². The van der Waals surface area contributed by atoms with Gasteiger partial charge >= 0.3 is 5.97 Å². The molecule has 1 N–H and O–H groups in total. The number of carbonyl (C=O) groups excluding carboxylic acids is 1. The molecule has 1 aliphatic rings. The maximum absolute atomic E-state index is 11.5. The average Bonchev–Trinajstić information content (AvgIpc) is 2.90. The van der Waals surface area contributed by atoms with E-state index in [4.69, 9.17) is 9.47 Å². The fraction of sp³-hybridized carbons (Fsp3) is 0.462. The van der Waals surface area contributed by atoms with Crippen molar-refractivity contribution in [3.8, 4) is 5.75 Å². The van der Waals surface area contributed by atoms with Crippen molar-refractivity contribution in [1.82, 2.24) is 5.32 Å². The molecule has 0 bridgehead atoms. The van der Waals surface area contributed by atoms with Crippen molar-refractivity contribution < 1.29 is 14.3 Å². The minimum absolute atomic E-state index is 0.273. The third kappa shape index (κ3) is 2.42. The highest BCUT2D eigenvalue weighted by Crippen LogP contribution is 2.31. The summed E-state index contributed by atoms with van der Waals surface area (Å²) in [5.74, 6) is 0.504. The van der Waals surface area contributed by atoms with Crippen LogP contribution in [0.1, 0.15) is 34.8 Å². The fourth-order valence-corrected chi connectivity index (χ4v) is 2.20. The van der Waals surface area contributed by atoms with Crippen LogP contribution < -0.4 is 10.1 Å². The van der Waals surface area contributed by atoms with Gasteiger partial charge in [0.05, 0.1) is 19.8 Å². The molecule has 1 fully saturated rings. The zero-order valence-corrected chi connectivity index (χ0v) is 10.2. The Bertz CT molecular complexity index is 411. The van der Waals surface area contributed by atoms with Gasteiger partial charge in [-0.25, -0.2) is 4.79 Å². The number of nitrogens with one attached hydrogen (secondary N) is 1. The minimum atomic E-state index is -0.313. The lowest BCUT2D eigenvalue weighted by Gasteiger charge is -2.15. The smallest absolute Gasteiger partial charge is 0.337 e. The molecule has 1 heterocycles. The van der Waals surface area contributed by atoms with Crippen LogP contribution in [0.3, 0.4) is 0 Å². The number of rotatable bonds is 3. The van der Waals surface area contributed by atoms with Gasteiger partial charge in [0.25, 0.3) is 0 Å². The summed E-state index contributed by atoms with van der Waals surface area (Å²) >= 11 is 0. The Morgan fingerprint density at radius 1 is 1.41 bits per heavy atom. The summed E-state index contributed by atoms with van der Waals surface area (Å²) in [5, 5.41) is 3.40. The van der Waals surface area contributed by atoms with Crippen LogP contribution in [0, 0.1) is 0 Å². The van der Waals surface area contributed by atoms with Crippen molar-refractivity contribution in [3.05, 3.63) is 29.3 Å². The van der Waals surface area contributed by atoms with Gasteiger partial charge in [0, 0.05) is 11.6 Å². The SMILES string of the molecule is COC(=O)c1ccc(OC)c([C@@H]2CCCN2)c1. The average molecular weight is 235 g/mol. The van der Waals surface area contributed by atoms with E-state index in [0.29, 0.717) is 5.56 Å². The van der Waals surface area contributed by atoms with Crippen LogP contribution in [0.25, 0.3) is 0 Å². The number of benzene rings is 1.